The van der Waals surface area contributed by atoms with Crippen molar-refractivity contribution in [2.75, 3.05) is 0 Å². The average molecular weight is 384 g/mol. The molecule has 16 heteroatoms. The smallest absolute Gasteiger partial charge is 1.00 e. The van der Waals surface area contributed by atoms with E-state index in [0.29, 0.717) is 0 Å². The van der Waals surface area contributed by atoms with Crippen molar-refractivity contribution in [1.82, 2.24) is 0 Å². The molecule has 0 aromatic rings. The van der Waals surface area contributed by atoms with Gasteiger partial charge in [0.15, 0.2) is 0 Å². The second-order valence-corrected chi connectivity index (χ2v) is 5.57. The van der Waals surface area contributed by atoms with Crippen LogP contribution >= 0.6 is 15.6 Å². The van der Waals surface area contributed by atoms with Gasteiger partial charge in [-0.25, -0.2) is 9.13 Å². The van der Waals surface area contributed by atoms with Crippen LogP contribution in [0.25, 0.3) is 0 Å². The third kappa shape index (κ3) is 20.3. The summed E-state index contributed by atoms with van der Waals surface area (Å²) in [5.74, 6) is 0. The molecule has 0 saturated carbocycles. The molecule has 10 nitrogen and oxygen atoms in total. The molecule has 4 N–H and O–H groups in total. The predicted molar refractivity (Wildman–Crippen MR) is 59.5 cm³/mol. The Hall–Kier alpha value is 3.95. The average Bonchev–Trinajstić information content (AvgIpc) is 1.43. The van der Waals surface area contributed by atoms with E-state index in [9.17, 15) is 17.5 Å². The minimum atomic E-state index is -5.54. The maximum atomic E-state index is 10.3. The van der Waals surface area contributed by atoms with Crippen LogP contribution in [0.4, 0.5) is 0 Å². The predicted octanol–water partition coefficient (Wildman–Crippen LogP) is -1.45. The number of phosphoric acid groups is 2. The van der Waals surface area contributed by atoms with E-state index in [0.717, 1.165) is 0 Å². The first-order valence-corrected chi connectivity index (χ1v) is 6.59. The van der Waals surface area contributed by atoms with Gasteiger partial charge >= 0.3 is 139 Å². The number of rotatable bonds is 4. The van der Waals surface area contributed by atoms with E-state index in [-0.39, 0.29) is 122 Å². The number of hydrogen-bond donors (Lipinski definition) is 4. The van der Waals surface area contributed by atoms with Crippen molar-refractivity contribution in [2.24, 2.45) is 0 Å². The van der Waals surface area contributed by atoms with Crippen LogP contribution in [0.15, 0.2) is 0 Å². The zero-order valence-electron chi connectivity index (χ0n) is 13.7. The van der Waals surface area contributed by atoms with Crippen LogP contribution in [0.5, 0.6) is 0 Å². The second-order valence-electron chi connectivity index (χ2n) is 1.54. The minimum Gasteiger partial charge on any atom is -1.00 e. The summed E-state index contributed by atoms with van der Waals surface area (Å²) in [7, 11) is -16.3. The summed E-state index contributed by atoms with van der Waals surface area (Å²) in [6.07, 6.45) is 0. The molecule has 0 amide bonds. The van der Waals surface area contributed by atoms with Gasteiger partial charge in [0, 0.05) is 0 Å². The van der Waals surface area contributed by atoms with Gasteiger partial charge < -0.3 is 23.2 Å². The van der Waals surface area contributed by atoms with Crippen molar-refractivity contribution in [3.05, 3.63) is 0 Å². The quantitative estimate of drug-likeness (QED) is 0.256. The first kappa shape index (κ1) is 28.2. The molecule has 1 atom stereocenters. The Labute approximate surface area is 189 Å². The second kappa shape index (κ2) is 10.6. The summed E-state index contributed by atoms with van der Waals surface area (Å²) >= 11 is 0. The topological polar surface area (TPSA) is 168 Å². The summed E-state index contributed by atoms with van der Waals surface area (Å²) in [4.78, 5) is 24.2. The van der Waals surface area contributed by atoms with Crippen LogP contribution in [0, 0.1) is 0 Å². The van der Waals surface area contributed by atoms with Crippen LogP contribution in [-0.4, -0.2) is 141 Å². The van der Waals surface area contributed by atoms with Crippen LogP contribution < -0.4 is 0 Å². The largest absolute Gasteiger partial charge is 2.00 e. The van der Waals surface area contributed by atoms with Crippen molar-refractivity contribution in [1.29, 1.82) is 0 Å². The van der Waals surface area contributed by atoms with Crippen LogP contribution in [-0.2, 0) is 27.8 Å². The van der Waals surface area contributed by atoms with Crippen molar-refractivity contribution in [3.8, 4) is 0 Å². The van der Waals surface area contributed by atoms with Gasteiger partial charge in [-0.15, -0.1) is 3.97 Å². The molecule has 0 fully saturated rings. The minimum absolute atomic E-state index is 0. The van der Waals surface area contributed by atoms with Gasteiger partial charge in [0.25, 0.3) is 0 Å². The van der Waals surface area contributed by atoms with E-state index in [1.807, 2.05) is 0 Å². The van der Waals surface area contributed by atoms with Gasteiger partial charge in [0.2, 0.25) is 0 Å². The molecule has 0 aliphatic carbocycles. The summed E-state index contributed by atoms with van der Waals surface area (Å²) in [6, 6.07) is 0. The SMILES string of the molecule is O=P(O)(O)OP(=O)(O)OS(=O)(=O)O.[Ca+2].[Ca+2].[Ca+2].[H-].[H-].[H-].[H-].[H-].[H-]. The molecule has 0 aromatic heterocycles. The molecule has 0 aromatic carbocycles. The molecule has 0 heterocycles. The van der Waals surface area contributed by atoms with E-state index in [4.69, 9.17) is 19.2 Å². The fraction of sp³-hybridized carbons (Fsp3) is 0. The summed E-state index contributed by atoms with van der Waals surface area (Å²) < 4.78 is 53.6. The van der Waals surface area contributed by atoms with Crippen molar-refractivity contribution in [2.45, 2.75) is 0 Å². The van der Waals surface area contributed by atoms with Crippen LogP contribution in [0.3, 0.4) is 0 Å². The molecule has 0 saturated heterocycles. The van der Waals surface area contributed by atoms with Gasteiger partial charge in [-0.1, -0.05) is 0 Å². The maximum absolute atomic E-state index is 10.3. The van der Waals surface area contributed by atoms with E-state index < -0.39 is 26.0 Å². The standard InChI is InChI=1S/3Ca.H4O10P2S.6H/c;;;1-11(2,3)9-12(4,5)10-13(6,7)8;;;;;;/h;;;(H,4,5)(H2,1,2,3)(H,6,7,8);;;;;;/q3*+2;;6*-1. The van der Waals surface area contributed by atoms with Crippen molar-refractivity contribution in [3.63, 3.8) is 0 Å². The Morgan fingerprint density at radius 1 is 1.00 bits per heavy atom. The van der Waals surface area contributed by atoms with Crippen molar-refractivity contribution >= 4 is 139 Å². The van der Waals surface area contributed by atoms with Gasteiger partial charge in [-0.05, 0) is 0 Å². The first-order valence-electron chi connectivity index (χ1n) is 2.20. The Bertz CT molecular complexity index is 384. The Morgan fingerprint density at radius 3 is 1.50 bits per heavy atom. The van der Waals surface area contributed by atoms with E-state index in [1.165, 1.54) is 0 Å². The van der Waals surface area contributed by atoms with Crippen LogP contribution in [0.2, 0.25) is 0 Å². The van der Waals surface area contributed by atoms with Crippen molar-refractivity contribution < 1.29 is 53.6 Å². The summed E-state index contributed by atoms with van der Waals surface area (Å²) in [5, 5.41) is 0. The summed E-state index contributed by atoms with van der Waals surface area (Å²) in [5.41, 5.74) is 0. The fourth-order valence-corrected chi connectivity index (χ4v) is 2.65. The van der Waals surface area contributed by atoms with Gasteiger partial charge in [0.05, 0.1) is 0 Å². The zero-order valence-corrected chi connectivity index (χ0v) is 16.9. The van der Waals surface area contributed by atoms with Gasteiger partial charge in [-0.3, -0.25) is 4.55 Å². The molecule has 0 radical (unpaired) electrons. The first-order chi connectivity index (χ1) is 5.41. The zero-order chi connectivity index (χ0) is 10.9. The van der Waals surface area contributed by atoms with Gasteiger partial charge in [0.1, 0.15) is 0 Å². The number of hydrogen-bond acceptors (Lipinski definition) is 6. The fourth-order valence-electron chi connectivity index (χ4n) is 0.267. The normalized spacial score (nSPS) is 14.8. The molecule has 16 heavy (non-hydrogen) atoms. The summed E-state index contributed by atoms with van der Waals surface area (Å²) in [6.45, 7) is 0. The Balaban J connectivity index is -0.0000000200. The Morgan fingerprint density at radius 2 is 1.31 bits per heavy atom. The molecule has 92 valence electrons. The monoisotopic (exact) mass is 384 g/mol. The third-order valence-corrected chi connectivity index (χ3v) is 3.58. The van der Waals surface area contributed by atoms with Gasteiger partial charge in [-0.2, -0.15) is 12.7 Å². The molecule has 0 aliphatic rings. The van der Waals surface area contributed by atoms with E-state index in [2.05, 4.69) is 8.28 Å². The molecular formula is H10Ca3O10P2S. The van der Waals surface area contributed by atoms with E-state index in [1.54, 1.807) is 0 Å². The Kier molecular flexibility index (Phi) is 18.7. The molecular weight excluding hydrogens is 374 g/mol. The van der Waals surface area contributed by atoms with Crippen LogP contribution in [0.1, 0.15) is 8.56 Å². The van der Waals surface area contributed by atoms with E-state index >= 15 is 0 Å². The molecule has 0 rings (SSSR count). The molecule has 0 aliphatic heterocycles. The molecule has 1 unspecified atom stereocenters. The maximum Gasteiger partial charge on any atom is 2.00 e. The molecule has 0 bridgehead atoms. The third-order valence-electron chi connectivity index (χ3n) is 0.398. The molecule has 0 spiro atoms.